The fourth-order valence-corrected chi connectivity index (χ4v) is 5.72. The number of benzene rings is 2. The summed E-state index contributed by atoms with van der Waals surface area (Å²) in [4.78, 5) is 21.6. The molecular weight excluding hydrogens is 438 g/mol. The minimum absolute atomic E-state index is 0.0742. The Hall–Kier alpha value is -3.36. The normalized spacial score (nSPS) is 19.7. The van der Waals surface area contributed by atoms with Crippen LogP contribution >= 0.6 is 0 Å². The molecule has 2 aromatic carbocycles. The van der Waals surface area contributed by atoms with E-state index in [1.165, 1.54) is 24.9 Å². The van der Waals surface area contributed by atoms with E-state index in [2.05, 4.69) is 67.6 Å². The summed E-state index contributed by atoms with van der Waals surface area (Å²) in [6, 6.07) is 18.7. The predicted molar refractivity (Wildman–Crippen MR) is 135 cm³/mol. The van der Waals surface area contributed by atoms with Crippen molar-refractivity contribution in [3.05, 3.63) is 87.5 Å². The molecule has 4 heterocycles. The number of tetrazole rings is 1. The van der Waals surface area contributed by atoms with Crippen molar-refractivity contribution in [1.82, 2.24) is 35.0 Å². The largest absolute Gasteiger partial charge is 0.322 e. The highest BCUT2D eigenvalue weighted by atomic mass is 16.1. The molecule has 6 rings (SSSR count). The highest BCUT2D eigenvalue weighted by Gasteiger charge is 2.37. The van der Waals surface area contributed by atoms with Crippen molar-refractivity contribution in [2.24, 2.45) is 0 Å². The van der Waals surface area contributed by atoms with Crippen LogP contribution in [-0.2, 0) is 13.0 Å². The summed E-state index contributed by atoms with van der Waals surface area (Å²) in [5, 5.41) is 13.9. The van der Waals surface area contributed by atoms with Crippen molar-refractivity contribution in [2.45, 2.75) is 44.8 Å². The van der Waals surface area contributed by atoms with Gasteiger partial charge in [-0.3, -0.25) is 14.6 Å². The monoisotopic (exact) mass is 469 g/mol. The van der Waals surface area contributed by atoms with Gasteiger partial charge < -0.3 is 4.98 Å². The molecule has 2 aromatic heterocycles. The summed E-state index contributed by atoms with van der Waals surface area (Å²) in [7, 11) is 0. The molecule has 0 unspecified atom stereocenters. The zero-order chi connectivity index (χ0) is 23.8. The van der Waals surface area contributed by atoms with Crippen LogP contribution < -0.4 is 5.56 Å². The van der Waals surface area contributed by atoms with Gasteiger partial charge in [-0.15, -0.1) is 5.10 Å². The summed E-state index contributed by atoms with van der Waals surface area (Å²) in [5.74, 6) is 0.719. The van der Waals surface area contributed by atoms with Crippen molar-refractivity contribution >= 4 is 10.9 Å². The van der Waals surface area contributed by atoms with Crippen LogP contribution in [0.1, 0.15) is 48.3 Å². The van der Waals surface area contributed by atoms with Gasteiger partial charge in [0.25, 0.3) is 5.56 Å². The highest BCUT2D eigenvalue weighted by molar-refractivity contribution is 5.80. The van der Waals surface area contributed by atoms with Gasteiger partial charge in [0.15, 0.2) is 5.82 Å². The third-order valence-corrected chi connectivity index (χ3v) is 7.60. The van der Waals surface area contributed by atoms with E-state index >= 15 is 0 Å². The number of pyridine rings is 1. The molecule has 2 atom stereocenters. The van der Waals surface area contributed by atoms with Gasteiger partial charge in [-0.05, 0) is 70.9 Å². The number of aromatic amines is 1. The molecule has 0 bridgehead atoms. The summed E-state index contributed by atoms with van der Waals surface area (Å²) in [5.41, 5.74) is 3.87. The van der Waals surface area contributed by atoms with Crippen LogP contribution in [0.4, 0.5) is 0 Å². The van der Waals surface area contributed by atoms with Crippen LogP contribution in [-0.4, -0.2) is 67.2 Å². The first-order valence-corrected chi connectivity index (χ1v) is 12.6. The molecule has 0 amide bonds. The molecule has 0 saturated carbocycles. The second kappa shape index (κ2) is 9.36. The SMILES string of the molecule is CCc1ccc2[nH]c(=O)c([C@H](c3nnnn3Cc3ccccc3)N3CCN4CCC[C@H]4C3)cc2c1. The molecule has 0 radical (unpaired) electrons. The third-order valence-electron chi connectivity index (χ3n) is 7.60. The minimum atomic E-state index is -0.310. The van der Waals surface area contributed by atoms with Crippen LogP contribution in [0.15, 0.2) is 59.4 Å². The van der Waals surface area contributed by atoms with Gasteiger partial charge >= 0.3 is 0 Å². The lowest BCUT2D eigenvalue weighted by Crippen LogP contribution is -2.52. The topological polar surface area (TPSA) is 82.9 Å². The molecule has 2 aliphatic heterocycles. The van der Waals surface area contributed by atoms with Gasteiger partial charge in [0, 0.05) is 36.8 Å². The number of hydrogen-bond acceptors (Lipinski definition) is 6. The lowest BCUT2D eigenvalue weighted by molar-refractivity contribution is 0.0790. The quantitative estimate of drug-likeness (QED) is 0.468. The van der Waals surface area contributed by atoms with Crippen LogP contribution in [0, 0.1) is 0 Å². The van der Waals surface area contributed by atoms with E-state index in [9.17, 15) is 4.79 Å². The average molecular weight is 470 g/mol. The van der Waals surface area contributed by atoms with Gasteiger partial charge in [-0.2, -0.15) is 0 Å². The Labute approximate surface area is 204 Å². The first-order valence-electron chi connectivity index (χ1n) is 12.6. The van der Waals surface area contributed by atoms with Crippen molar-refractivity contribution in [1.29, 1.82) is 0 Å². The van der Waals surface area contributed by atoms with E-state index in [0.29, 0.717) is 18.2 Å². The second-order valence-electron chi connectivity index (χ2n) is 9.74. The molecule has 2 aliphatic rings. The number of aryl methyl sites for hydroxylation is 1. The van der Waals surface area contributed by atoms with E-state index < -0.39 is 0 Å². The Balaban J connectivity index is 1.46. The van der Waals surface area contributed by atoms with Gasteiger partial charge in [0.05, 0.1) is 6.54 Å². The van der Waals surface area contributed by atoms with Gasteiger partial charge in [0.1, 0.15) is 6.04 Å². The summed E-state index contributed by atoms with van der Waals surface area (Å²) in [6.45, 7) is 6.68. The van der Waals surface area contributed by atoms with E-state index in [4.69, 9.17) is 0 Å². The first kappa shape index (κ1) is 22.1. The summed E-state index contributed by atoms with van der Waals surface area (Å²) >= 11 is 0. The van der Waals surface area contributed by atoms with Gasteiger partial charge in [-0.25, -0.2) is 4.68 Å². The number of rotatable bonds is 6. The highest BCUT2D eigenvalue weighted by Crippen LogP contribution is 2.32. The number of hydrogen-bond donors (Lipinski definition) is 1. The van der Waals surface area contributed by atoms with Crippen LogP contribution in [0.3, 0.4) is 0 Å². The van der Waals surface area contributed by atoms with Gasteiger partial charge in [-0.1, -0.05) is 43.3 Å². The Morgan fingerprint density at radius 2 is 1.94 bits per heavy atom. The molecular formula is C27H31N7O. The maximum atomic E-state index is 13.5. The third kappa shape index (κ3) is 4.28. The smallest absolute Gasteiger partial charge is 0.253 e. The number of fused-ring (bicyclic) bond motifs is 2. The number of H-pyrrole nitrogens is 1. The van der Waals surface area contributed by atoms with E-state index in [1.54, 1.807) is 0 Å². The van der Waals surface area contributed by atoms with Crippen molar-refractivity contribution in [2.75, 3.05) is 26.2 Å². The Kier molecular flexibility index (Phi) is 5.91. The molecule has 0 aliphatic carbocycles. The zero-order valence-corrected chi connectivity index (χ0v) is 20.1. The fraction of sp³-hybridized carbons (Fsp3) is 0.407. The zero-order valence-electron chi connectivity index (χ0n) is 20.1. The molecule has 4 aromatic rings. The van der Waals surface area contributed by atoms with E-state index in [-0.39, 0.29) is 11.6 Å². The number of nitrogens with one attached hydrogen (secondary N) is 1. The van der Waals surface area contributed by atoms with E-state index in [0.717, 1.165) is 48.3 Å². The maximum absolute atomic E-state index is 13.5. The second-order valence-corrected chi connectivity index (χ2v) is 9.74. The Bertz CT molecular complexity index is 1380. The molecule has 180 valence electrons. The molecule has 8 heteroatoms. The molecule has 35 heavy (non-hydrogen) atoms. The summed E-state index contributed by atoms with van der Waals surface area (Å²) < 4.78 is 1.85. The van der Waals surface area contributed by atoms with Gasteiger partial charge in [0.2, 0.25) is 0 Å². The van der Waals surface area contributed by atoms with Crippen LogP contribution in [0.5, 0.6) is 0 Å². The lowest BCUT2D eigenvalue weighted by Gasteiger charge is -2.41. The van der Waals surface area contributed by atoms with Crippen molar-refractivity contribution < 1.29 is 0 Å². The van der Waals surface area contributed by atoms with Crippen molar-refractivity contribution in [3.63, 3.8) is 0 Å². The standard InChI is InChI=1S/C27H31N7O/c1-2-19-10-11-24-21(15-19)16-23(27(35)28-24)25(33-14-13-32-12-6-9-22(32)18-33)26-29-30-31-34(26)17-20-7-4-3-5-8-20/h3-5,7-8,10-11,15-16,22,25H,2,6,9,12-14,17-18H2,1H3,(H,28,35)/t22-,25+/m0/s1. The average Bonchev–Trinajstić information content (AvgIpc) is 3.54. The molecule has 0 spiro atoms. The maximum Gasteiger partial charge on any atom is 0.253 e. The molecule has 2 fully saturated rings. The first-order chi connectivity index (χ1) is 17.2. The van der Waals surface area contributed by atoms with E-state index in [1.807, 2.05) is 28.9 Å². The Morgan fingerprint density at radius 1 is 1.06 bits per heavy atom. The summed E-state index contributed by atoms with van der Waals surface area (Å²) in [6.07, 6.45) is 3.39. The fourth-order valence-electron chi connectivity index (χ4n) is 5.72. The van der Waals surface area contributed by atoms with Crippen LogP contribution in [0.25, 0.3) is 10.9 Å². The number of aromatic nitrogens is 5. The minimum Gasteiger partial charge on any atom is -0.322 e. The number of nitrogens with zero attached hydrogens (tertiary/aromatic N) is 6. The Morgan fingerprint density at radius 3 is 2.80 bits per heavy atom. The predicted octanol–water partition coefficient (Wildman–Crippen LogP) is 2.99. The molecule has 2 saturated heterocycles. The van der Waals surface area contributed by atoms with Crippen LogP contribution in [0.2, 0.25) is 0 Å². The molecule has 8 nitrogen and oxygen atoms in total. The lowest BCUT2D eigenvalue weighted by atomic mass is 10.00. The van der Waals surface area contributed by atoms with Crippen molar-refractivity contribution in [3.8, 4) is 0 Å². The molecule has 1 N–H and O–H groups in total. The number of piperazine rings is 1.